The maximum Gasteiger partial charge on any atom is 0.274 e. The number of rotatable bonds is 5. The summed E-state index contributed by atoms with van der Waals surface area (Å²) in [5, 5.41) is 19.7. The molecule has 2 aromatic heterocycles. The average Bonchev–Trinajstić information content (AvgIpc) is 3.47. The molecule has 8 nitrogen and oxygen atoms in total. The van der Waals surface area contributed by atoms with E-state index in [1.165, 1.54) is 10.7 Å². The molecule has 0 unspecified atom stereocenters. The van der Waals surface area contributed by atoms with Gasteiger partial charge in [-0.2, -0.15) is 10.4 Å². The van der Waals surface area contributed by atoms with Gasteiger partial charge in [0.05, 0.1) is 27.9 Å². The summed E-state index contributed by atoms with van der Waals surface area (Å²) in [6.07, 6.45) is 3.41. The van der Waals surface area contributed by atoms with Gasteiger partial charge in [0.2, 0.25) is 0 Å². The molecule has 1 saturated carbocycles. The van der Waals surface area contributed by atoms with Crippen LogP contribution in [0.5, 0.6) is 0 Å². The Kier molecular flexibility index (Phi) is 5.49. The van der Waals surface area contributed by atoms with Crippen LogP contribution in [0.15, 0.2) is 36.5 Å². The van der Waals surface area contributed by atoms with Crippen LogP contribution in [-0.2, 0) is 0 Å². The molecule has 2 amide bonds. The van der Waals surface area contributed by atoms with Gasteiger partial charge in [-0.1, -0.05) is 11.6 Å². The fourth-order valence-corrected chi connectivity index (χ4v) is 3.42. The van der Waals surface area contributed by atoms with E-state index in [9.17, 15) is 14.9 Å². The Labute approximate surface area is 184 Å². The third-order valence-electron chi connectivity index (χ3n) is 4.86. The van der Waals surface area contributed by atoms with Crippen LogP contribution in [0, 0.1) is 18.3 Å². The highest BCUT2D eigenvalue weighted by molar-refractivity contribution is 6.32. The van der Waals surface area contributed by atoms with E-state index in [2.05, 4.69) is 26.8 Å². The van der Waals surface area contributed by atoms with E-state index in [1.54, 1.807) is 45.2 Å². The van der Waals surface area contributed by atoms with E-state index in [0.29, 0.717) is 33.2 Å². The fraction of sp³-hybridized carbons (Fsp3) is 0.190. The zero-order valence-electron chi connectivity index (χ0n) is 16.9. The largest absolute Gasteiger partial charge is 0.349 e. The lowest BCUT2D eigenvalue weighted by Gasteiger charge is -2.15. The number of nitrogens with zero attached hydrogens (tertiary/aromatic N) is 4. The van der Waals surface area contributed by atoms with Gasteiger partial charge in [-0.05, 0) is 55.7 Å². The van der Waals surface area contributed by atoms with Gasteiger partial charge in [-0.15, -0.1) is 0 Å². The SMILES string of the molecule is Bc1cc(C(=O)Nc2c(C)cc(C#N)cc2C(=O)NC2CC2)n(-c2ncccc2Cl)n1. The Balaban J connectivity index is 1.72. The lowest BCUT2D eigenvalue weighted by molar-refractivity contribution is 0.0952. The minimum atomic E-state index is -0.476. The van der Waals surface area contributed by atoms with Crippen molar-refractivity contribution in [3.8, 4) is 11.9 Å². The molecule has 3 aromatic rings. The third kappa shape index (κ3) is 4.30. The molecule has 0 saturated heterocycles. The highest BCUT2D eigenvalue weighted by atomic mass is 35.5. The van der Waals surface area contributed by atoms with Gasteiger partial charge in [0.1, 0.15) is 5.69 Å². The summed E-state index contributed by atoms with van der Waals surface area (Å²) < 4.78 is 1.37. The van der Waals surface area contributed by atoms with Crippen molar-refractivity contribution in [2.75, 3.05) is 5.32 Å². The molecule has 0 spiro atoms. The van der Waals surface area contributed by atoms with Crippen molar-refractivity contribution in [3.05, 3.63) is 63.9 Å². The van der Waals surface area contributed by atoms with E-state index >= 15 is 0 Å². The Morgan fingerprint density at radius 1 is 1.29 bits per heavy atom. The fourth-order valence-electron chi connectivity index (χ4n) is 3.22. The van der Waals surface area contributed by atoms with Crippen LogP contribution in [0.25, 0.3) is 5.82 Å². The number of aryl methyl sites for hydroxylation is 1. The maximum atomic E-state index is 13.2. The molecule has 1 aliphatic carbocycles. The smallest absolute Gasteiger partial charge is 0.274 e. The summed E-state index contributed by atoms with van der Waals surface area (Å²) in [7, 11) is 1.76. The first kappa shape index (κ1) is 20.6. The van der Waals surface area contributed by atoms with Crippen molar-refractivity contribution < 1.29 is 9.59 Å². The topological polar surface area (TPSA) is 113 Å². The number of anilines is 1. The molecule has 1 fully saturated rings. The van der Waals surface area contributed by atoms with E-state index in [0.717, 1.165) is 12.8 Å². The first-order chi connectivity index (χ1) is 14.9. The van der Waals surface area contributed by atoms with Gasteiger partial charge in [0.25, 0.3) is 11.8 Å². The normalized spacial score (nSPS) is 12.8. The van der Waals surface area contributed by atoms with E-state index in [4.69, 9.17) is 11.6 Å². The monoisotopic (exact) mass is 432 g/mol. The van der Waals surface area contributed by atoms with Crippen LogP contribution in [-0.4, -0.2) is 40.5 Å². The van der Waals surface area contributed by atoms with E-state index in [1.807, 2.05) is 0 Å². The summed E-state index contributed by atoms with van der Waals surface area (Å²) in [6, 6.07) is 10.3. The van der Waals surface area contributed by atoms with Gasteiger partial charge >= 0.3 is 0 Å². The number of nitriles is 1. The van der Waals surface area contributed by atoms with Crippen molar-refractivity contribution in [1.82, 2.24) is 20.1 Å². The number of pyridine rings is 1. The number of carbonyl (C=O) groups excluding carboxylic acids is 2. The number of aromatic nitrogens is 3. The van der Waals surface area contributed by atoms with E-state index < -0.39 is 5.91 Å². The Bertz CT molecular complexity index is 1250. The molecule has 0 bridgehead atoms. The number of nitrogens with one attached hydrogen (secondary N) is 2. The number of hydrogen-bond acceptors (Lipinski definition) is 5. The first-order valence-corrected chi connectivity index (χ1v) is 10.1. The average molecular weight is 433 g/mol. The number of hydrogen-bond donors (Lipinski definition) is 2. The number of halogens is 1. The molecule has 0 atom stereocenters. The third-order valence-corrected chi connectivity index (χ3v) is 5.16. The zero-order valence-corrected chi connectivity index (χ0v) is 17.7. The van der Waals surface area contributed by atoms with Crippen LogP contribution in [0.1, 0.15) is 44.8 Å². The summed E-state index contributed by atoms with van der Waals surface area (Å²) in [4.78, 5) is 30.2. The summed E-state index contributed by atoms with van der Waals surface area (Å²) in [5.74, 6) is -0.475. The molecule has 1 aromatic carbocycles. The first-order valence-electron chi connectivity index (χ1n) is 9.72. The molecule has 2 N–H and O–H groups in total. The second-order valence-electron chi connectivity index (χ2n) is 7.42. The molecular formula is C21H18BClN6O2. The van der Waals surface area contributed by atoms with Gasteiger partial charge in [0, 0.05) is 17.8 Å². The summed E-state index contributed by atoms with van der Waals surface area (Å²) >= 11 is 6.25. The lowest BCUT2D eigenvalue weighted by atomic mass is 10.0. The second-order valence-corrected chi connectivity index (χ2v) is 7.83. The number of carbonyl (C=O) groups is 2. The second kappa shape index (κ2) is 8.24. The lowest BCUT2D eigenvalue weighted by Crippen LogP contribution is -2.28. The molecule has 10 heteroatoms. The van der Waals surface area contributed by atoms with Crippen LogP contribution >= 0.6 is 11.6 Å². The van der Waals surface area contributed by atoms with Gasteiger partial charge in [-0.3, -0.25) is 9.59 Å². The van der Waals surface area contributed by atoms with Crippen LogP contribution in [0.3, 0.4) is 0 Å². The molecule has 2 heterocycles. The van der Waals surface area contributed by atoms with Crippen LogP contribution in [0.4, 0.5) is 5.69 Å². The quantitative estimate of drug-likeness (QED) is 0.593. The highest BCUT2D eigenvalue weighted by Gasteiger charge is 2.27. The molecule has 31 heavy (non-hydrogen) atoms. The van der Waals surface area contributed by atoms with Crippen molar-refractivity contribution in [1.29, 1.82) is 5.26 Å². The number of benzene rings is 1. The predicted octanol–water partition coefficient (Wildman–Crippen LogP) is 1.50. The molecule has 154 valence electrons. The zero-order chi connectivity index (χ0) is 22.1. The predicted molar refractivity (Wildman–Crippen MR) is 119 cm³/mol. The van der Waals surface area contributed by atoms with Gasteiger partial charge in [0.15, 0.2) is 13.7 Å². The standard InChI is InChI=1S/C21H18BClN6O2/c1-11-7-12(10-24)8-14(20(30)26-13-4-5-13)18(11)27-21(31)16-9-17(22)28-29(16)19-15(23)3-2-6-25-19/h2-3,6-9,13H,4-5,22H2,1H3,(H,26,30)(H,27,31). The van der Waals surface area contributed by atoms with Crippen molar-refractivity contribution in [2.45, 2.75) is 25.8 Å². The van der Waals surface area contributed by atoms with Gasteiger partial charge < -0.3 is 10.6 Å². The molecule has 0 radical (unpaired) electrons. The Morgan fingerprint density at radius 2 is 2.06 bits per heavy atom. The van der Waals surface area contributed by atoms with Crippen molar-refractivity contribution in [3.63, 3.8) is 0 Å². The minimum absolute atomic E-state index is 0.137. The van der Waals surface area contributed by atoms with Crippen molar-refractivity contribution >= 4 is 42.5 Å². The molecular weight excluding hydrogens is 415 g/mol. The van der Waals surface area contributed by atoms with Crippen molar-refractivity contribution in [2.24, 2.45) is 0 Å². The van der Waals surface area contributed by atoms with Crippen LogP contribution in [0.2, 0.25) is 5.02 Å². The van der Waals surface area contributed by atoms with Gasteiger partial charge in [-0.25, -0.2) is 9.67 Å². The molecule has 4 rings (SSSR count). The molecule has 0 aliphatic heterocycles. The summed E-state index contributed by atoms with van der Waals surface area (Å²) in [5.41, 5.74) is 2.37. The minimum Gasteiger partial charge on any atom is -0.349 e. The summed E-state index contributed by atoms with van der Waals surface area (Å²) in [6.45, 7) is 1.74. The van der Waals surface area contributed by atoms with Crippen LogP contribution < -0.4 is 16.2 Å². The maximum absolute atomic E-state index is 13.2. The Hall–Kier alpha value is -3.64. The molecule has 1 aliphatic rings. The Morgan fingerprint density at radius 3 is 2.74 bits per heavy atom. The highest BCUT2D eigenvalue weighted by Crippen LogP contribution is 2.26. The number of amides is 2. The van der Waals surface area contributed by atoms with E-state index in [-0.39, 0.29) is 23.2 Å².